The van der Waals surface area contributed by atoms with Crippen LogP contribution in [0, 0.1) is 6.92 Å². The van der Waals surface area contributed by atoms with Crippen LogP contribution in [0.15, 0.2) is 48.8 Å². The Morgan fingerprint density at radius 3 is 2.54 bits per heavy atom. The Labute approximate surface area is 163 Å². The number of nitrogens with zero attached hydrogens (tertiary/aromatic N) is 3. The average Bonchev–Trinajstić information content (AvgIpc) is 2.72. The number of hydrogen-bond donors (Lipinski definition) is 2. The second kappa shape index (κ2) is 8.81. The molecule has 0 atom stereocenters. The van der Waals surface area contributed by atoms with E-state index in [0.29, 0.717) is 35.4 Å². The molecule has 1 aromatic carbocycles. The van der Waals surface area contributed by atoms with E-state index in [1.54, 1.807) is 50.7 Å². The molecule has 3 rings (SSSR count). The molecule has 0 spiro atoms. The van der Waals surface area contributed by atoms with Crippen molar-refractivity contribution in [2.24, 2.45) is 0 Å². The van der Waals surface area contributed by atoms with Gasteiger partial charge in [-0.3, -0.25) is 9.78 Å². The molecular weight excluding hydrogens is 358 g/mol. The quantitative estimate of drug-likeness (QED) is 0.651. The van der Waals surface area contributed by atoms with Gasteiger partial charge in [0.15, 0.2) is 0 Å². The molecule has 0 aliphatic heterocycles. The van der Waals surface area contributed by atoms with E-state index in [0.717, 1.165) is 5.56 Å². The zero-order chi connectivity index (χ0) is 19.9. The maximum Gasteiger partial charge on any atom is 0.274 e. The third-order valence-electron chi connectivity index (χ3n) is 3.95. The van der Waals surface area contributed by atoms with Crippen molar-refractivity contribution in [3.05, 3.63) is 65.9 Å². The fourth-order valence-corrected chi connectivity index (χ4v) is 2.57. The lowest BCUT2D eigenvalue weighted by atomic mass is 10.2. The Hall–Kier alpha value is -3.68. The SMILES string of the molecule is COc1ccc(OC)c(NC(=O)c2cc(NCc3ccncc3)nc(C)n2)c1. The lowest BCUT2D eigenvalue weighted by molar-refractivity contribution is 0.102. The molecule has 2 N–H and O–H groups in total. The van der Waals surface area contributed by atoms with E-state index < -0.39 is 0 Å². The maximum absolute atomic E-state index is 12.7. The topological polar surface area (TPSA) is 98.3 Å². The summed E-state index contributed by atoms with van der Waals surface area (Å²) in [7, 11) is 3.09. The molecule has 0 saturated carbocycles. The average molecular weight is 379 g/mol. The molecular formula is C20H21N5O3. The lowest BCUT2D eigenvalue weighted by Crippen LogP contribution is -2.16. The van der Waals surface area contributed by atoms with Crippen molar-refractivity contribution >= 4 is 17.4 Å². The number of aryl methyl sites for hydroxylation is 1. The van der Waals surface area contributed by atoms with Crippen LogP contribution < -0.4 is 20.1 Å². The highest BCUT2D eigenvalue weighted by molar-refractivity contribution is 6.04. The van der Waals surface area contributed by atoms with Crippen molar-refractivity contribution < 1.29 is 14.3 Å². The monoisotopic (exact) mass is 379 g/mol. The zero-order valence-electron chi connectivity index (χ0n) is 15.9. The van der Waals surface area contributed by atoms with Crippen molar-refractivity contribution in [2.45, 2.75) is 13.5 Å². The Bertz CT molecular complexity index is 963. The summed E-state index contributed by atoms with van der Waals surface area (Å²) in [4.78, 5) is 25.3. The highest BCUT2D eigenvalue weighted by atomic mass is 16.5. The molecule has 0 bridgehead atoms. The van der Waals surface area contributed by atoms with Crippen molar-refractivity contribution in [1.29, 1.82) is 0 Å². The van der Waals surface area contributed by atoms with Gasteiger partial charge in [-0.15, -0.1) is 0 Å². The summed E-state index contributed by atoms with van der Waals surface area (Å²) < 4.78 is 10.5. The number of nitrogens with one attached hydrogen (secondary N) is 2. The largest absolute Gasteiger partial charge is 0.497 e. The molecule has 8 nitrogen and oxygen atoms in total. The van der Waals surface area contributed by atoms with Gasteiger partial charge >= 0.3 is 0 Å². The number of carbonyl (C=O) groups is 1. The fraction of sp³-hybridized carbons (Fsp3) is 0.200. The first kappa shape index (κ1) is 19.1. The number of aromatic nitrogens is 3. The van der Waals surface area contributed by atoms with Gasteiger partial charge in [-0.05, 0) is 36.8 Å². The van der Waals surface area contributed by atoms with E-state index in [1.165, 1.54) is 7.11 Å². The first-order valence-electron chi connectivity index (χ1n) is 8.61. The Morgan fingerprint density at radius 2 is 1.82 bits per heavy atom. The Balaban J connectivity index is 1.77. The minimum atomic E-state index is -0.371. The standard InChI is InChI=1S/C20H21N5O3/c1-13-23-17(11-19(24-13)22-12-14-6-8-21-9-7-14)20(26)25-16-10-15(27-2)4-5-18(16)28-3/h4-11H,12H2,1-3H3,(H,25,26)(H,22,23,24). The molecule has 28 heavy (non-hydrogen) atoms. The number of anilines is 2. The Kier molecular flexibility index (Phi) is 6.01. The molecule has 0 aliphatic carbocycles. The van der Waals surface area contributed by atoms with Crippen molar-refractivity contribution in [3.63, 3.8) is 0 Å². The first-order chi connectivity index (χ1) is 13.6. The number of amides is 1. The number of methoxy groups -OCH3 is 2. The molecule has 0 unspecified atom stereocenters. The number of benzene rings is 1. The van der Waals surface area contributed by atoms with Crippen LogP contribution in [0.5, 0.6) is 11.5 Å². The van der Waals surface area contributed by atoms with Crippen LogP contribution in [-0.4, -0.2) is 35.1 Å². The minimum absolute atomic E-state index is 0.245. The summed E-state index contributed by atoms with van der Waals surface area (Å²) in [5.41, 5.74) is 1.79. The van der Waals surface area contributed by atoms with Gasteiger partial charge in [-0.2, -0.15) is 0 Å². The first-order valence-corrected chi connectivity index (χ1v) is 8.61. The summed E-state index contributed by atoms with van der Waals surface area (Å²) in [5.74, 6) is 1.81. The van der Waals surface area contributed by atoms with E-state index in [9.17, 15) is 4.79 Å². The second-order valence-electron chi connectivity index (χ2n) is 5.91. The van der Waals surface area contributed by atoms with Gasteiger partial charge in [0, 0.05) is 31.1 Å². The summed E-state index contributed by atoms with van der Waals surface area (Å²) in [6.07, 6.45) is 3.45. The van der Waals surface area contributed by atoms with Crippen LogP contribution in [0.2, 0.25) is 0 Å². The molecule has 2 aromatic heterocycles. The normalized spacial score (nSPS) is 10.2. The second-order valence-corrected chi connectivity index (χ2v) is 5.91. The van der Waals surface area contributed by atoms with Crippen LogP contribution in [-0.2, 0) is 6.54 Å². The third-order valence-corrected chi connectivity index (χ3v) is 3.95. The van der Waals surface area contributed by atoms with Crippen LogP contribution in [0.3, 0.4) is 0 Å². The van der Waals surface area contributed by atoms with Crippen LogP contribution in [0.1, 0.15) is 21.9 Å². The summed E-state index contributed by atoms with van der Waals surface area (Å²) in [6, 6.07) is 10.6. The zero-order valence-corrected chi connectivity index (χ0v) is 15.9. The molecule has 8 heteroatoms. The van der Waals surface area contributed by atoms with Gasteiger partial charge in [-0.1, -0.05) is 0 Å². The van der Waals surface area contributed by atoms with Gasteiger partial charge in [-0.25, -0.2) is 9.97 Å². The van der Waals surface area contributed by atoms with E-state index in [2.05, 4.69) is 25.6 Å². The van der Waals surface area contributed by atoms with Crippen molar-refractivity contribution in [2.75, 3.05) is 24.9 Å². The summed E-state index contributed by atoms with van der Waals surface area (Å²) in [6.45, 7) is 2.30. The molecule has 1 amide bonds. The predicted molar refractivity (Wildman–Crippen MR) is 106 cm³/mol. The Morgan fingerprint density at radius 1 is 1.04 bits per heavy atom. The molecule has 0 saturated heterocycles. The highest BCUT2D eigenvalue weighted by Gasteiger charge is 2.14. The van der Waals surface area contributed by atoms with E-state index in [-0.39, 0.29) is 11.6 Å². The van der Waals surface area contributed by atoms with E-state index in [1.807, 2.05) is 12.1 Å². The van der Waals surface area contributed by atoms with E-state index >= 15 is 0 Å². The number of rotatable bonds is 7. The van der Waals surface area contributed by atoms with E-state index in [4.69, 9.17) is 9.47 Å². The third kappa shape index (κ3) is 4.73. The lowest BCUT2D eigenvalue weighted by Gasteiger charge is -2.12. The van der Waals surface area contributed by atoms with Crippen molar-refractivity contribution in [1.82, 2.24) is 15.0 Å². The van der Waals surface area contributed by atoms with Crippen LogP contribution in [0.4, 0.5) is 11.5 Å². The molecule has 0 aliphatic rings. The fourth-order valence-electron chi connectivity index (χ4n) is 2.57. The van der Waals surface area contributed by atoms with Gasteiger partial charge in [0.25, 0.3) is 5.91 Å². The van der Waals surface area contributed by atoms with Gasteiger partial charge in [0.05, 0.1) is 19.9 Å². The highest BCUT2D eigenvalue weighted by Crippen LogP contribution is 2.29. The van der Waals surface area contributed by atoms with Crippen LogP contribution >= 0.6 is 0 Å². The number of pyridine rings is 1. The van der Waals surface area contributed by atoms with Crippen molar-refractivity contribution in [3.8, 4) is 11.5 Å². The van der Waals surface area contributed by atoms with Gasteiger partial charge < -0.3 is 20.1 Å². The molecule has 2 heterocycles. The summed E-state index contributed by atoms with van der Waals surface area (Å²) in [5, 5.41) is 6.01. The summed E-state index contributed by atoms with van der Waals surface area (Å²) >= 11 is 0. The molecule has 0 radical (unpaired) electrons. The predicted octanol–water partition coefficient (Wildman–Crippen LogP) is 3.06. The molecule has 144 valence electrons. The molecule has 3 aromatic rings. The number of ether oxygens (including phenoxy) is 2. The molecule has 0 fully saturated rings. The maximum atomic E-state index is 12.7. The smallest absolute Gasteiger partial charge is 0.274 e. The van der Waals surface area contributed by atoms with Crippen LogP contribution in [0.25, 0.3) is 0 Å². The number of hydrogen-bond acceptors (Lipinski definition) is 7. The number of carbonyl (C=O) groups excluding carboxylic acids is 1. The minimum Gasteiger partial charge on any atom is -0.497 e. The van der Waals surface area contributed by atoms with Gasteiger partial charge in [0.2, 0.25) is 0 Å². The van der Waals surface area contributed by atoms with Gasteiger partial charge in [0.1, 0.15) is 28.8 Å².